The second kappa shape index (κ2) is 7.27. The average molecular weight is 374 g/mol. The second-order valence-electron chi connectivity index (χ2n) is 6.58. The zero-order valence-electron chi connectivity index (χ0n) is 16.4. The van der Waals surface area contributed by atoms with E-state index in [1.54, 1.807) is 21.3 Å². The van der Waals surface area contributed by atoms with Crippen molar-refractivity contribution in [3.05, 3.63) is 66.4 Å². The van der Waals surface area contributed by atoms with E-state index in [0.717, 1.165) is 27.7 Å². The van der Waals surface area contributed by atoms with Gasteiger partial charge in [-0.25, -0.2) is 4.68 Å². The van der Waals surface area contributed by atoms with Crippen LogP contribution in [0.5, 0.6) is 17.2 Å². The molecule has 0 radical (unpaired) electrons. The first kappa shape index (κ1) is 17.9. The molecule has 4 rings (SSSR count). The fraction of sp³-hybridized carbons (Fsp3) is 0.174. The highest BCUT2D eigenvalue weighted by Crippen LogP contribution is 2.41. The molecule has 142 valence electrons. The predicted molar refractivity (Wildman–Crippen MR) is 111 cm³/mol. The Morgan fingerprint density at radius 3 is 2.04 bits per heavy atom. The quantitative estimate of drug-likeness (QED) is 0.492. The smallest absolute Gasteiger partial charge is 0.203 e. The summed E-state index contributed by atoms with van der Waals surface area (Å²) in [4.78, 5) is 0. The molecule has 0 spiro atoms. The van der Waals surface area contributed by atoms with Crippen molar-refractivity contribution < 1.29 is 14.2 Å². The summed E-state index contributed by atoms with van der Waals surface area (Å²) in [7, 11) is 4.85. The highest BCUT2D eigenvalue weighted by atomic mass is 16.5. The molecule has 28 heavy (non-hydrogen) atoms. The minimum Gasteiger partial charge on any atom is -0.493 e. The first-order chi connectivity index (χ1) is 13.6. The van der Waals surface area contributed by atoms with Crippen LogP contribution in [-0.2, 0) is 0 Å². The summed E-state index contributed by atoms with van der Waals surface area (Å²) in [6.07, 6.45) is 1.88. The minimum atomic E-state index is 0.583. The van der Waals surface area contributed by atoms with Crippen molar-refractivity contribution in [1.29, 1.82) is 0 Å². The van der Waals surface area contributed by atoms with Crippen molar-refractivity contribution in [2.45, 2.75) is 6.92 Å². The van der Waals surface area contributed by atoms with Gasteiger partial charge in [0.25, 0.3) is 0 Å². The van der Waals surface area contributed by atoms with E-state index in [2.05, 4.69) is 54.5 Å². The third-order valence-corrected chi connectivity index (χ3v) is 4.85. The minimum absolute atomic E-state index is 0.583. The number of nitrogens with zero attached hydrogens (tertiary/aromatic N) is 2. The van der Waals surface area contributed by atoms with E-state index in [1.807, 2.05) is 23.0 Å². The van der Waals surface area contributed by atoms with Crippen molar-refractivity contribution in [3.63, 3.8) is 0 Å². The molecule has 0 atom stereocenters. The van der Waals surface area contributed by atoms with Crippen molar-refractivity contribution in [1.82, 2.24) is 9.78 Å². The van der Waals surface area contributed by atoms with Crippen LogP contribution < -0.4 is 14.2 Å². The maximum atomic E-state index is 5.50. The Kier molecular flexibility index (Phi) is 4.65. The first-order valence-corrected chi connectivity index (χ1v) is 9.00. The van der Waals surface area contributed by atoms with Crippen LogP contribution in [0.25, 0.3) is 27.7 Å². The van der Waals surface area contributed by atoms with Gasteiger partial charge in [0.1, 0.15) is 0 Å². The fourth-order valence-electron chi connectivity index (χ4n) is 3.34. The normalized spacial score (nSPS) is 10.9. The van der Waals surface area contributed by atoms with Crippen LogP contribution >= 0.6 is 0 Å². The highest BCUT2D eigenvalue weighted by Gasteiger charge is 2.15. The topological polar surface area (TPSA) is 45.5 Å². The Morgan fingerprint density at radius 1 is 0.750 bits per heavy atom. The van der Waals surface area contributed by atoms with Crippen molar-refractivity contribution in [2.75, 3.05) is 21.3 Å². The van der Waals surface area contributed by atoms with Gasteiger partial charge in [0.05, 0.1) is 38.7 Å². The Labute approximate surface area is 164 Å². The molecule has 0 aliphatic heterocycles. The molecule has 0 fully saturated rings. The van der Waals surface area contributed by atoms with E-state index < -0.39 is 0 Å². The lowest BCUT2D eigenvalue weighted by atomic mass is 10.0. The molecule has 1 heterocycles. The molecule has 0 aliphatic carbocycles. The lowest BCUT2D eigenvalue weighted by molar-refractivity contribution is 0.324. The van der Waals surface area contributed by atoms with Gasteiger partial charge in [-0.2, -0.15) is 5.10 Å². The maximum absolute atomic E-state index is 5.50. The molecule has 0 amide bonds. The monoisotopic (exact) mass is 374 g/mol. The van der Waals surface area contributed by atoms with Gasteiger partial charge >= 0.3 is 0 Å². The van der Waals surface area contributed by atoms with E-state index in [9.17, 15) is 0 Å². The van der Waals surface area contributed by atoms with Gasteiger partial charge < -0.3 is 14.2 Å². The highest BCUT2D eigenvalue weighted by molar-refractivity contribution is 5.86. The van der Waals surface area contributed by atoms with Crippen molar-refractivity contribution >= 4 is 10.9 Å². The molecule has 1 aromatic heterocycles. The van der Waals surface area contributed by atoms with Crippen LogP contribution in [0.15, 0.2) is 60.8 Å². The van der Waals surface area contributed by atoms with E-state index in [-0.39, 0.29) is 0 Å². The van der Waals surface area contributed by atoms with Crippen LogP contribution in [0.3, 0.4) is 0 Å². The van der Waals surface area contributed by atoms with Gasteiger partial charge in [-0.05, 0) is 48.4 Å². The zero-order valence-corrected chi connectivity index (χ0v) is 16.4. The molecule has 0 N–H and O–H groups in total. The molecule has 0 saturated carbocycles. The average Bonchev–Trinajstić information content (AvgIpc) is 3.16. The van der Waals surface area contributed by atoms with Crippen LogP contribution in [0, 0.1) is 6.92 Å². The van der Waals surface area contributed by atoms with Crippen LogP contribution in [0.1, 0.15) is 5.56 Å². The van der Waals surface area contributed by atoms with E-state index in [0.29, 0.717) is 17.2 Å². The third-order valence-electron chi connectivity index (χ3n) is 4.85. The molecule has 0 aliphatic rings. The largest absolute Gasteiger partial charge is 0.493 e. The predicted octanol–water partition coefficient (Wildman–Crippen LogP) is 5.03. The van der Waals surface area contributed by atoms with Crippen molar-refractivity contribution in [3.8, 4) is 34.1 Å². The number of aromatic nitrogens is 2. The Balaban J connectivity index is 1.86. The van der Waals surface area contributed by atoms with E-state index >= 15 is 0 Å². The standard InChI is InChI=1S/C23H22N2O3/c1-15-5-9-19(10-6-15)25-20-11-16(7-8-17(20)14-24-25)18-12-21(26-2)23(28-4)22(13-18)27-3/h5-14H,1-4H3. The van der Waals surface area contributed by atoms with Gasteiger partial charge in [-0.3, -0.25) is 0 Å². The number of methoxy groups -OCH3 is 3. The molecule has 5 nitrogen and oxygen atoms in total. The molecular formula is C23H22N2O3. The number of fused-ring (bicyclic) bond motifs is 1. The number of benzene rings is 3. The summed E-state index contributed by atoms with van der Waals surface area (Å²) in [5.74, 6) is 1.84. The number of hydrogen-bond acceptors (Lipinski definition) is 4. The Hall–Kier alpha value is -3.47. The fourth-order valence-corrected chi connectivity index (χ4v) is 3.34. The molecule has 4 aromatic rings. The van der Waals surface area contributed by atoms with E-state index in [1.165, 1.54) is 5.56 Å². The summed E-state index contributed by atoms with van der Waals surface area (Å²) >= 11 is 0. The lowest BCUT2D eigenvalue weighted by Gasteiger charge is -2.14. The Bertz CT molecular complexity index is 1110. The number of aryl methyl sites for hydroxylation is 1. The maximum Gasteiger partial charge on any atom is 0.203 e. The van der Waals surface area contributed by atoms with Gasteiger partial charge in [0.2, 0.25) is 5.75 Å². The second-order valence-corrected chi connectivity index (χ2v) is 6.58. The number of ether oxygens (including phenoxy) is 3. The SMILES string of the molecule is COc1cc(-c2ccc3cnn(-c4ccc(C)cc4)c3c2)cc(OC)c1OC. The first-order valence-electron chi connectivity index (χ1n) is 9.00. The van der Waals surface area contributed by atoms with Crippen molar-refractivity contribution in [2.24, 2.45) is 0 Å². The van der Waals surface area contributed by atoms with Crippen LogP contribution in [0.4, 0.5) is 0 Å². The number of hydrogen-bond donors (Lipinski definition) is 0. The van der Waals surface area contributed by atoms with Gasteiger partial charge in [-0.15, -0.1) is 0 Å². The molecule has 0 unspecified atom stereocenters. The molecule has 3 aromatic carbocycles. The zero-order chi connectivity index (χ0) is 19.7. The summed E-state index contributed by atoms with van der Waals surface area (Å²) in [5, 5.41) is 5.65. The van der Waals surface area contributed by atoms with Gasteiger partial charge in [0.15, 0.2) is 11.5 Å². The summed E-state index contributed by atoms with van der Waals surface area (Å²) < 4.78 is 18.4. The molecular weight excluding hydrogens is 352 g/mol. The summed E-state index contributed by atoms with van der Waals surface area (Å²) in [6.45, 7) is 2.08. The summed E-state index contributed by atoms with van der Waals surface area (Å²) in [6, 6.07) is 18.5. The van der Waals surface area contributed by atoms with Gasteiger partial charge in [0, 0.05) is 5.39 Å². The molecule has 0 saturated heterocycles. The third kappa shape index (κ3) is 3.05. The van der Waals surface area contributed by atoms with Crippen LogP contribution in [0.2, 0.25) is 0 Å². The van der Waals surface area contributed by atoms with Crippen LogP contribution in [-0.4, -0.2) is 31.1 Å². The van der Waals surface area contributed by atoms with E-state index in [4.69, 9.17) is 14.2 Å². The lowest BCUT2D eigenvalue weighted by Crippen LogP contribution is -1.97. The molecule has 5 heteroatoms. The summed E-state index contributed by atoms with van der Waals surface area (Å²) in [5.41, 5.74) is 5.31. The molecule has 0 bridgehead atoms. The Morgan fingerprint density at radius 2 is 1.43 bits per heavy atom. The number of rotatable bonds is 5. The van der Waals surface area contributed by atoms with Gasteiger partial charge in [-0.1, -0.05) is 29.8 Å².